The van der Waals surface area contributed by atoms with E-state index in [-0.39, 0.29) is 5.91 Å². The molecule has 0 aromatic heterocycles. The van der Waals surface area contributed by atoms with Gasteiger partial charge >= 0.3 is 0 Å². The molecule has 1 amide bonds. The highest BCUT2D eigenvalue weighted by molar-refractivity contribution is 7.99. The minimum absolute atomic E-state index is 0.218. The van der Waals surface area contributed by atoms with Gasteiger partial charge in [0.1, 0.15) is 5.75 Å². The van der Waals surface area contributed by atoms with Crippen LogP contribution in [0.1, 0.15) is 11.1 Å². The fourth-order valence-corrected chi connectivity index (χ4v) is 4.24. The number of carbonyl (C=O) groups is 1. The molecule has 144 valence electrons. The number of nitrogens with zero attached hydrogens (tertiary/aromatic N) is 2. The zero-order chi connectivity index (χ0) is 19.2. The Bertz CT molecular complexity index is 774. The minimum atomic E-state index is 0.218. The standard InChI is InChI=1S/C21H25ClN2O2S/c1-16-3-6-18(22)13-20(16)23-9-11-24(12-10-23)21(25)15-27-14-17-4-7-19(26-2)8-5-17/h3-8,13H,9-12,14-15H2,1-2H3. The first-order chi connectivity index (χ1) is 13.1. The summed E-state index contributed by atoms with van der Waals surface area (Å²) >= 11 is 7.80. The Labute approximate surface area is 170 Å². The zero-order valence-corrected chi connectivity index (χ0v) is 17.4. The molecule has 1 fully saturated rings. The molecule has 1 heterocycles. The first-order valence-corrected chi connectivity index (χ1v) is 10.6. The van der Waals surface area contributed by atoms with Gasteiger partial charge in [-0.1, -0.05) is 29.8 Å². The minimum Gasteiger partial charge on any atom is -0.497 e. The second kappa shape index (κ2) is 9.38. The molecule has 1 aliphatic heterocycles. The predicted molar refractivity (Wildman–Crippen MR) is 114 cm³/mol. The van der Waals surface area contributed by atoms with Gasteiger partial charge in [-0.05, 0) is 42.3 Å². The Kier molecular flexibility index (Phi) is 6.91. The van der Waals surface area contributed by atoms with Gasteiger partial charge in [0, 0.05) is 42.6 Å². The number of anilines is 1. The number of methoxy groups -OCH3 is 1. The monoisotopic (exact) mass is 404 g/mol. The average Bonchev–Trinajstić information content (AvgIpc) is 2.70. The van der Waals surface area contributed by atoms with Gasteiger partial charge in [0.25, 0.3) is 0 Å². The number of hydrogen-bond donors (Lipinski definition) is 0. The molecule has 0 atom stereocenters. The highest BCUT2D eigenvalue weighted by Crippen LogP contribution is 2.25. The first-order valence-electron chi connectivity index (χ1n) is 9.06. The van der Waals surface area contributed by atoms with E-state index in [0.29, 0.717) is 5.75 Å². The zero-order valence-electron chi connectivity index (χ0n) is 15.8. The molecule has 2 aromatic rings. The normalized spacial score (nSPS) is 14.3. The number of rotatable bonds is 6. The lowest BCUT2D eigenvalue weighted by atomic mass is 10.1. The van der Waals surface area contributed by atoms with E-state index in [1.807, 2.05) is 47.4 Å². The maximum Gasteiger partial charge on any atom is 0.232 e. The molecule has 0 aliphatic carbocycles. The van der Waals surface area contributed by atoms with Crippen molar-refractivity contribution in [1.82, 2.24) is 4.90 Å². The van der Waals surface area contributed by atoms with Crippen molar-refractivity contribution < 1.29 is 9.53 Å². The summed E-state index contributed by atoms with van der Waals surface area (Å²) in [5.41, 5.74) is 3.59. The summed E-state index contributed by atoms with van der Waals surface area (Å²) in [5.74, 6) is 2.42. The van der Waals surface area contributed by atoms with Crippen LogP contribution in [0.4, 0.5) is 5.69 Å². The van der Waals surface area contributed by atoms with Crippen LogP contribution in [0.2, 0.25) is 5.02 Å². The molecule has 2 aromatic carbocycles. The molecule has 3 rings (SSSR count). The van der Waals surface area contributed by atoms with Gasteiger partial charge in [0.05, 0.1) is 12.9 Å². The third-order valence-corrected chi connectivity index (χ3v) is 6.02. The summed E-state index contributed by atoms with van der Waals surface area (Å²) < 4.78 is 5.17. The molecule has 4 nitrogen and oxygen atoms in total. The molecule has 0 unspecified atom stereocenters. The van der Waals surface area contributed by atoms with E-state index in [4.69, 9.17) is 16.3 Å². The van der Waals surface area contributed by atoms with Crippen molar-refractivity contribution in [2.24, 2.45) is 0 Å². The van der Waals surface area contributed by atoms with Crippen molar-refractivity contribution in [2.75, 3.05) is 43.9 Å². The lowest BCUT2D eigenvalue weighted by Gasteiger charge is -2.37. The molecular weight excluding hydrogens is 380 g/mol. The first kappa shape index (κ1) is 19.9. The number of aryl methyl sites for hydroxylation is 1. The Morgan fingerprint density at radius 1 is 1.11 bits per heavy atom. The van der Waals surface area contributed by atoms with Gasteiger partial charge in [-0.2, -0.15) is 0 Å². The summed E-state index contributed by atoms with van der Waals surface area (Å²) in [5, 5.41) is 0.754. The van der Waals surface area contributed by atoms with Crippen LogP contribution in [-0.2, 0) is 10.5 Å². The maximum absolute atomic E-state index is 12.5. The van der Waals surface area contributed by atoms with E-state index in [2.05, 4.69) is 11.8 Å². The fourth-order valence-electron chi connectivity index (χ4n) is 3.19. The van der Waals surface area contributed by atoms with Crippen LogP contribution in [0.5, 0.6) is 5.75 Å². The van der Waals surface area contributed by atoms with E-state index in [1.54, 1.807) is 18.9 Å². The Morgan fingerprint density at radius 2 is 1.81 bits per heavy atom. The van der Waals surface area contributed by atoms with Gasteiger partial charge in [-0.25, -0.2) is 0 Å². The highest BCUT2D eigenvalue weighted by atomic mass is 35.5. The number of hydrogen-bond acceptors (Lipinski definition) is 4. The summed E-state index contributed by atoms with van der Waals surface area (Å²) in [6.45, 7) is 5.30. The second-order valence-corrected chi connectivity index (χ2v) is 8.06. The van der Waals surface area contributed by atoms with Gasteiger partial charge in [-0.3, -0.25) is 4.79 Å². The van der Waals surface area contributed by atoms with Gasteiger partial charge in [-0.15, -0.1) is 11.8 Å². The van der Waals surface area contributed by atoms with Gasteiger partial charge < -0.3 is 14.5 Å². The number of ether oxygens (including phenoxy) is 1. The van der Waals surface area contributed by atoms with E-state index in [0.717, 1.165) is 42.7 Å². The van der Waals surface area contributed by atoms with Crippen LogP contribution < -0.4 is 9.64 Å². The lowest BCUT2D eigenvalue weighted by Crippen LogP contribution is -2.49. The van der Waals surface area contributed by atoms with Crippen molar-refractivity contribution >= 4 is 35.0 Å². The topological polar surface area (TPSA) is 32.8 Å². The number of benzene rings is 2. The summed E-state index contributed by atoms with van der Waals surface area (Å²) in [4.78, 5) is 16.8. The number of thioether (sulfide) groups is 1. The van der Waals surface area contributed by atoms with Crippen molar-refractivity contribution in [1.29, 1.82) is 0 Å². The average molecular weight is 405 g/mol. The van der Waals surface area contributed by atoms with E-state index in [1.165, 1.54) is 16.8 Å². The molecule has 0 N–H and O–H groups in total. The molecule has 27 heavy (non-hydrogen) atoms. The summed E-state index contributed by atoms with van der Waals surface area (Å²) in [7, 11) is 1.66. The Balaban J connectivity index is 1.44. The van der Waals surface area contributed by atoms with Crippen LogP contribution in [0.15, 0.2) is 42.5 Å². The van der Waals surface area contributed by atoms with Gasteiger partial charge in [0.2, 0.25) is 5.91 Å². The van der Waals surface area contributed by atoms with Crippen molar-refractivity contribution in [2.45, 2.75) is 12.7 Å². The quantitative estimate of drug-likeness (QED) is 0.720. The Morgan fingerprint density at radius 3 is 2.48 bits per heavy atom. The van der Waals surface area contributed by atoms with Crippen molar-refractivity contribution in [3.8, 4) is 5.75 Å². The predicted octanol–water partition coefficient (Wildman–Crippen LogP) is 4.24. The number of carbonyl (C=O) groups excluding carboxylic acids is 1. The molecule has 0 spiro atoms. The number of amides is 1. The number of piperazine rings is 1. The van der Waals surface area contributed by atoms with E-state index in [9.17, 15) is 4.79 Å². The second-order valence-electron chi connectivity index (χ2n) is 6.64. The van der Waals surface area contributed by atoms with Crippen LogP contribution in [0, 0.1) is 6.92 Å². The van der Waals surface area contributed by atoms with Gasteiger partial charge in [0.15, 0.2) is 0 Å². The largest absolute Gasteiger partial charge is 0.497 e. The van der Waals surface area contributed by atoms with Crippen LogP contribution in [0.25, 0.3) is 0 Å². The van der Waals surface area contributed by atoms with Crippen molar-refractivity contribution in [3.63, 3.8) is 0 Å². The molecule has 6 heteroatoms. The Hall–Kier alpha value is -1.85. The third kappa shape index (κ3) is 5.33. The molecule has 1 saturated heterocycles. The van der Waals surface area contributed by atoms with E-state index >= 15 is 0 Å². The SMILES string of the molecule is COc1ccc(CSCC(=O)N2CCN(c3cc(Cl)ccc3C)CC2)cc1. The molecular formula is C21H25ClN2O2S. The highest BCUT2D eigenvalue weighted by Gasteiger charge is 2.22. The van der Waals surface area contributed by atoms with Crippen LogP contribution >= 0.6 is 23.4 Å². The van der Waals surface area contributed by atoms with Crippen LogP contribution in [0.3, 0.4) is 0 Å². The van der Waals surface area contributed by atoms with Crippen LogP contribution in [-0.4, -0.2) is 49.8 Å². The summed E-state index contributed by atoms with van der Waals surface area (Å²) in [6.07, 6.45) is 0. The molecule has 0 saturated carbocycles. The molecule has 1 aliphatic rings. The summed E-state index contributed by atoms with van der Waals surface area (Å²) in [6, 6.07) is 14.0. The number of halogens is 1. The van der Waals surface area contributed by atoms with E-state index < -0.39 is 0 Å². The van der Waals surface area contributed by atoms with Crippen molar-refractivity contribution in [3.05, 3.63) is 58.6 Å². The maximum atomic E-state index is 12.5. The smallest absolute Gasteiger partial charge is 0.232 e. The molecule has 0 radical (unpaired) electrons. The third-order valence-electron chi connectivity index (χ3n) is 4.80. The molecule has 0 bridgehead atoms. The lowest BCUT2D eigenvalue weighted by molar-refractivity contribution is -0.128. The fraction of sp³-hybridized carbons (Fsp3) is 0.381.